The summed E-state index contributed by atoms with van der Waals surface area (Å²) < 4.78 is 0. The summed E-state index contributed by atoms with van der Waals surface area (Å²) in [6, 6.07) is 1.91. The second-order valence-electron chi connectivity index (χ2n) is 6.12. The lowest BCUT2D eigenvalue weighted by Gasteiger charge is -2.22. The Morgan fingerprint density at radius 1 is 1.14 bits per heavy atom. The van der Waals surface area contributed by atoms with Gasteiger partial charge in [0.1, 0.15) is 0 Å². The highest BCUT2D eigenvalue weighted by Gasteiger charge is 2.24. The Labute approximate surface area is 132 Å². The molecule has 1 saturated heterocycles. The molecule has 1 N–H and O–H groups in total. The van der Waals surface area contributed by atoms with Crippen LogP contribution in [0.3, 0.4) is 0 Å². The molecule has 122 valence electrons. The van der Waals surface area contributed by atoms with E-state index in [4.69, 9.17) is 0 Å². The third-order valence-electron chi connectivity index (χ3n) is 4.26. The molecular weight excluding hydrogens is 278 g/mol. The first-order valence-corrected chi connectivity index (χ1v) is 8.26. The van der Waals surface area contributed by atoms with Crippen molar-refractivity contribution in [3.05, 3.63) is 23.0 Å². The number of unbranched alkanes of at least 4 members (excludes halogenated alkanes) is 1. The predicted molar refractivity (Wildman–Crippen MR) is 86.9 cm³/mol. The molecule has 2 heterocycles. The van der Waals surface area contributed by atoms with Gasteiger partial charge in [0, 0.05) is 44.0 Å². The lowest BCUT2D eigenvalue weighted by atomic mass is 10.2. The van der Waals surface area contributed by atoms with Crippen LogP contribution >= 0.6 is 0 Å². The van der Waals surface area contributed by atoms with Crippen molar-refractivity contribution >= 4 is 11.8 Å². The van der Waals surface area contributed by atoms with Crippen molar-refractivity contribution in [1.82, 2.24) is 14.8 Å². The lowest BCUT2D eigenvalue weighted by Crippen LogP contribution is -2.37. The number of nitrogens with one attached hydrogen (secondary N) is 1. The monoisotopic (exact) mass is 305 g/mol. The fraction of sp³-hybridized carbons (Fsp3) is 0.647. The van der Waals surface area contributed by atoms with Crippen molar-refractivity contribution < 1.29 is 9.59 Å². The summed E-state index contributed by atoms with van der Waals surface area (Å²) in [5.74, 6) is 0.300. The Morgan fingerprint density at radius 2 is 1.82 bits per heavy atom. The van der Waals surface area contributed by atoms with Gasteiger partial charge in [-0.15, -0.1) is 0 Å². The molecule has 0 bridgehead atoms. The standard InChI is InChI=1S/C17H27N3O2/c1-4-5-7-16(21)19-8-6-9-20(11-10-19)17(22)15-12-13(2)18-14(15)3/h12,18H,4-11H2,1-3H3. The van der Waals surface area contributed by atoms with Crippen LogP contribution in [0.1, 0.15) is 54.4 Å². The van der Waals surface area contributed by atoms with Crippen molar-refractivity contribution in [3.8, 4) is 0 Å². The molecule has 2 amide bonds. The van der Waals surface area contributed by atoms with Gasteiger partial charge in [-0.1, -0.05) is 13.3 Å². The van der Waals surface area contributed by atoms with Gasteiger partial charge in [-0.25, -0.2) is 0 Å². The van der Waals surface area contributed by atoms with E-state index in [1.54, 1.807) is 0 Å². The average Bonchev–Trinajstić information content (AvgIpc) is 2.70. The maximum Gasteiger partial charge on any atom is 0.255 e. The first-order valence-electron chi connectivity index (χ1n) is 8.26. The second-order valence-corrected chi connectivity index (χ2v) is 6.12. The zero-order valence-electron chi connectivity index (χ0n) is 13.9. The van der Waals surface area contributed by atoms with E-state index in [1.165, 1.54) is 0 Å². The number of amides is 2. The highest BCUT2D eigenvalue weighted by Crippen LogP contribution is 2.15. The third-order valence-corrected chi connectivity index (χ3v) is 4.26. The molecule has 0 spiro atoms. The van der Waals surface area contributed by atoms with Crippen LogP contribution in [0.4, 0.5) is 0 Å². The SMILES string of the molecule is CCCCC(=O)N1CCCN(C(=O)c2cc(C)[nH]c2C)CC1. The predicted octanol–water partition coefficient (Wildman–Crippen LogP) is 2.50. The van der Waals surface area contributed by atoms with Gasteiger partial charge in [0.2, 0.25) is 5.91 Å². The minimum Gasteiger partial charge on any atom is -0.362 e. The molecule has 5 nitrogen and oxygen atoms in total. The number of carbonyl (C=O) groups is 2. The fourth-order valence-corrected chi connectivity index (χ4v) is 2.97. The molecule has 5 heteroatoms. The van der Waals surface area contributed by atoms with Gasteiger partial charge >= 0.3 is 0 Å². The molecular formula is C17H27N3O2. The smallest absolute Gasteiger partial charge is 0.255 e. The van der Waals surface area contributed by atoms with Crippen molar-refractivity contribution in [2.24, 2.45) is 0 Å². The molecule has 1 aliphatic rings. The first-order chi connectivity index (χ1) is 10.5. The van der Waals surface area contributed by atoms with Gasteiger partial charge in [0.05, 0.1) is 5.56 Å². The summed E-state index contributed by atoms with van der Waals surface area (Å²) in [5, 5.41) is 0. The highest BCUT2D eigenvalue weighted by molar-refractivity contribution is 5.95. The number of hydrogen-bond acceptors (Lipinski definition) is 2. The molecule has 1 fully saturated rings. The van der Waals surface area contributed by atoms with Gasteiger partial charge in [0.15, 0.2) is 0 Å². The molecule has 1 aliphatic heterocycles. The summed E-state index contributed by atoms with van der Waals surface area (Å²) in [5.41, 5.74) is 2.68. The van der Waals surface area contributed by atoms with Crippen LogP contribution in [0, 0.1) is 13.8 Å². The molecule has 0 unspecified atom stereocenters. The zero-order valence-corrected chi connectivity index (χ0v) is 13.9. The lowest BCUT2D eigenvalue weighted by molar-refractivity contribution is -0.131. The van der Waals surface area contributed by atoms with Crippen molar-refractivity contribution in [1.29, 1.82) is 0 Å². The zero-order chi connectivity index (χ0) is 16.1. The summed E-state index contributed by atoms with van der Waals surface area (Å²) in [4.78, 5) is 31.7. The Kier molecular flexibility index (Phi) is 5.63. The van der Waals surface area contributed by atoms with Crippen molar-refractivity contribution in [3.63, 3.8) is 0 Å². The maximum absolute atomic E-state index is 12.6. The largest absolute Gasteiger partial charge is 0.362 e. The van der Waals surface area contributed by atoms with E-state index in [2.05, 4.69) is 11.9 Å². The number of aromatic nitrogens is 1. The average molecular weight is 305 g/mol. The van der Waals surface area contributed by atoms with Crippen LogP contribution in [-0.2, 0) is 4.79 Å². The molecule has 1 aromatic rings. The quantitative estimate of drug-likeness (QED) is 0.929. The number of aryl methyl sites for hydroxylation is 2. The van der Waals surface area contributed by atoms with E-state index in [9.17, 15) is 9.59 Å². The van der Waals surface area contributed by atoms with Gasteiger partial charge in [-0.3, -0.25) is 9.59 Å². The minimum atomic E-state index is 0.0738. The van der Waals surface area contributed by atoms with Gasteiger partial charge in [-0.2, -0.15) is 0 Å². The Balaban J connectivity index is 1.96. The van der Waals surface area contributed by atoms with Crippen LogP contribution < -0.4 is 0 Å². The Morgan fingerprint density at radius 3 is 2.45 bits per heavy atom. The Hall–Kier alpha value is -1.78. The van der Waals surface area contributed by atoms with Crippen LogP contribution in [0.15, 0.2) is 6.07 Å². The summed E-state index contributed by atoms with van der Waals surface area (Å²) >= 11 is 0. The van der Waals surface area contributed by atoms with E-state index in [0.717, 1.165) is 49.3 Å². The molecule has 2 rings (SSSR count). The first kappa shape index (κ1) is 16.6. The number of H-pyrrole nitrogens is 1. The van der Waals surface area contributed by atoms with Crippen LogP contribution in [0.5, 0.6) is 0 Å². The Bertz CT molecular complexity index is 536. The van der Waals surface area contributed by atoms with Gasteiger partial charge in [0.25, 0.3) is 5.91 Å². The highest BCUT2D eigenvalue weighted by atomic mass is 16.2. The number of aromatic amines is 1. The molecule has 0 aliphatic carbocycles. The number of carbonyl (C=O) groups excluding carboxylic acids is 2. The summed E-state index contributed by atoms with van der Waals surface area (Å²) in [6.45, 7) is 8.74. The minimum absolute atomic E-state index is 0.0738. The van der Waals surface area contributed by atoms with E-state index in [0.29, 0.717) is 19.5 Å². The van der Waals surface area contributed by atoms with Crippen LogP contribution in [-0.4, -0.2) is 52.8 Å². The number of nitrogens with zero attached hydrogens (tertiary/aromatic N) is 2. The molecule has 0 atom stereocenters. The van der Waals surface area contributed by atoms with Crippen molar-refractivity contribution in [2.45, 2.75) is 46.5 Å². The summed E-state index contributed by atoms with van der Waals surface area (Å²) in [6.07, 6.45) is 3.46. The van der Waals surface area contributed by atoms with E-state index < -0.39 is 0 Å². The topological polar surface area (TPSA) is 56.4 Å². The van der Waals surface area contributed by atoms with E-state index in [1.807, 2.05) is 29.7 Å². The second kappa shape index (κ2) is 7.47. The van der Waals surface area contributed by atoms with Crippen LogP contribution in [0.25, 0.3) is 0 Å². The van der Waals surface area contributed by atoms with E-state index >= 15 is 0 Å². The number of hydrogen-bond donors (Lipinski definition) is 1. The number of rotatable bonds is 4. The van der Waals surface area contributed by atoms with Gasteiger partial charge < -0.3 is 14.8 Å². The van der Waals surface area contributed by atoms with Crippen LogP contribution in [0.2, 0.25) is 0 Å². The third kappa shape index (κ3) is 3.90. The van der Waals surface area contributed by atoms with E-state index in [-0.39, 0.29) is 11.8 Å². The molecule has 0 aromatic carbocycles. The summed E-state index contributed by atoms with van der Waals surface area (Å²) in [7, 11) is 0. The van der Waals surface area contributed by atoms with Gasteiger partial charge in [-0.05, 0) is 32.8 Å². The maximum atomic E-state index is 12.6. The molecule has 1 aromatic heterocycles. The normalized spacial score (nSPS) is 15.8. The fourth-order valence-electron chi connectivity index (χ4n) is 2.97. The van der Waals surface area contributed by atoms with Crippen molar-refractivity contribution in [2.75, 3.05) is 26.2 Å². The molecule has 0 saturated carbocycles. The molecule has 0 radical (unpaired) electrons. The molecule has 22 heavy (non-hydrogen) atoms.